The van der Waals surface area contributed by atoms with Crippen LogP contribution < -0.4 is 4.90 Å². The first kappa shape index (κ1) is 10.7. The molecule has 0 amide bonds. The number of anilines is 1. The SMILES string of the molecule is CCC1C(C)CCN1c1cccc(Cl)n1. The summed E-state index contributed by atoms with van der Waals surface area (Å²) in [6.45, 7) is 5.66. The van der Waals surface area contributed by atoms with Crippen LogP contribution in [0.25, 0.3) is 0 Å². The van der Waals surface area contributed by atoms with Crippen LogP contribution in [0.2, 0.25) is 5.15 Å². The fourth-order valence-corrected chi connectivity index (χ4v) is 2.63. The number of rotatable bonds is 2. The molecule has 1 saturated heterocycles. The maximum Gasteiger partial charge on any atom is 0.131 e. The van der Waals surface area contributed by atoms with E-state index in [0.29, 0.717) is 11.2 Å². The maximum atomic E-state index is 5.91. The fraction of sp³-hybridized carbons (Fsp3) is 0.583. The molecule has 2 atom stereocenters. The van der Waals surface area contributed by atoms with E-state index in [9.17, 15) is 0 Å². The molecule has 0 aliphatic carbocycles. The highest BCUT2D eigenvalue weighted by Crippen LogP contribution is 2.30. The second-order valence-corrected chi connectivity index (χ2v) is 4.64. The van der Waals surface area contributed by atoms with E-state index in [1.165, 1.54) is 12.8 Å². The minimum atomic E-state index is 0.585. The number of nitrogens with zero attached hydrogens (tertiary/aromatic N) is 2. The highest BCUT2D eigenvalue weighted by atomic mass is 35.5. The summed E-state index contributed by atoms with van der Waals surface area (Å²) in [6, 6.07) is 6.47. The van der Waals surface area contributed by atoms with Gasteiger partial charge in [0.2, 0.25) is 0 Å². The van der Waals surface area contributed by atoms with Crippen molar-refractivity contribution in [3.63, 3.8) is 0 Å². The van der Waals surface area contributed by atoms with Crippen LogP contribution in [0.1, 0.15) is 26.7 Å². The van der Waals surface area contributed by atoms with Crippen LogP contribution in [0, 0.1) is 5.92 Å². The molecule has 15 heavy (non-hydrogen) atoms. The standard InChI is InChI=1S/C12H17ClN2/c1-3-10-9(2)7-8-15(10)12-6-4-5-11(13)14-12/h4-6,9-10H,3,7-8H2,1-2H3. The summed E-state index contributed by atoms with van der Waals surface area (Å²) in [6.07, 6.45) is 2.43. The molecule has 2 unspecified atom stereocenters. The Bertz CT molecular complexity index is 340. The Balaban J connectivity index is 2.23. The zero-order valence-corrected chi connectivity index (χ0v) is 10.0. The van der Waals surface area contributed by atoms with E-state index in [1.807, 2.05) is 18.2 Å². The monoisotopic (exact) mass is 224 g/mol. The summed E-state index contributed by atoms with van der Waals surface area (Å²) in [4.78, 5) is 6.76. The first-order chi connectivity index (χ1) is 7.22. The lowest BCUT2D eigenvalue weighted by Crippen LogP contribution is -2.31. The lowest BCUT2D eigenvalue weighted by Gasteiger charge is -2.26. The van der Waals surface area contributed by atoms with Crippen molar-refractivity contribution in [1.82, 2.24) is 4.98 Å². The largest absolute Gasteiger partial charge is 0.353 e. The Morgan fingerprint density at radius 1 is 1.53 bits per heavy atom. The molecular formula is C12H17ClN2. The molecule has 0 spiro atoms. The number of pyridine rings is 1. The third-order valence-electron chi connectivity index (χ3n) is 3.30. The molecule has 1 aromatic heterocycles. The summed E-state index contributed by atoms with van der Waals surface area (Å²) < 4.78 is 0. The Morgan fingerprint density at radius 2 is 2.33 bits per heavy atom. The summed E-state index contributed by atoms with van der Waals surface area (Å²) >= 11 is 5.91. The molecule has 0 N–H and O–H groups in total. The summed E-state index contributed by atoms with van der Waals surface area (Å²) in [5.41, 5.74) is 0. The summed E-state index contributed by atoms with van der Waals surface area (Å²) in [5, 5.41) is 0.585. The predicted octanol–water partition coefficient (Wildman–Crippen LogP) is 3.36. The number of halogens is 1. The average Bonchev–Trinajstić information content (AvgIpc) is 2.59. The van der Waals surface area contributed by atoms with E-state index >= 15 is 0 Å². The van der Waals surface area contributed by atoms with Gasteiger partial charge < -0.3 is 4.90 Å². The summed E-state index contributed by atoms with van der Waals surface area (Å²) in [7, 11) is 0. The van der Waals surface area contributed by atoms with Gasteiger partial charge >= 0.3 is 0 Å². The van der Waals surface area contributed by atoms with Gasteiger partial charge in [0.1, 0.15) is 11.0 Å². The van der Waals surface area contributed by atoms with Crippen molar-refractivity contribution in [3.8, 4) is 0 Å². The fourth-order valence-electron chi connectivity index (χ4n) is 2.47. The Morgan fingerprint density at radius 3 is 3.00 bits per heavy atom. The van der Waals surface area contributed by atoms with Crippen molar-refractivity contribution in [2.24, 2.45) is 5.92 Å². The average molecular weight is 225 g/mol. The molecule has 2 nitrogen and oxygen atoms in total. The number of aromatic nitrogens is 1. The van der Waals surface area contributed by atoms with Crippen LogP contribution in [0.5, 0.6) is 0 Å². The van der Waals surface area contributed by atoms with Gasteiger partial charge in [-0.15, -0.1) is 0 Å². The first-order valence-corrected chi connectivity index (χ1v) is 5.99. The van der Waals surface area contributed by atoms with Gasteiger partial charge in [-0.05, 0) is 30.9 Å². The maximum absolute atomic E-state index is 5.91. The quantitative estimate of drug-likeness (QED) is 0.717. The van der Waals surface area contributed by atoms with Crippen molar-refractivity contribution in [2.45, 2.75) is 32.7 Å². The smallest absolute Gasteiger partial charge is 0.131 e. The van der Waals surface area contributed by atoms with E-state index in [1.54, 1.807) is 0 Å². The molecule has 1 fully saturated rings. The molecule has 1 aromatic rings. The zero-order chi connectivity index (χ0) is 10.8. The van der Waals surface area contributed by atoms with Crippen LogP contribution in [-0.2, 0) is 0 Å². The molecule has 0 saturated carbocycles. The van der Waals surface area contributed by atoms with Gasteiger partial charge in [-0.3, -0.25) is 0 Å². The second kappa shape index (κ2) is 4.40. The van der Waals surface area contributed by atoms with Crippen LogP contribution in [0.4, 0.5) is 5.82 Å². The van der Waals surface area contributed by atoms with E-state index in [-0.39, 0.29) is 0 Å². The number of hydrogen-bond donors (Lipinski definition) is 0. The molecule has 1 aliphatic heterocycles. The molecule has 0 aromatic carbocycles. The van der Waals surface area contributed by atoms with Crippen molar-refractivity contribution in [2.75, 3.05) is 11.4 Å². The van der Waals surface area contributed by atoms with E-state index < -0.39 is 0 Å². The molecule has 82 valence electrons. The molecule has 2 heterocycles. The van der Waals surface area contributed by atoms with Gasteiger partial charge in [-0.1, -0.05) is 31.5 Å². The Labute approximate surface area is 96.3 Å². The van der Waals surface area contributed by atoms with Crippen molar-refractivity contribution >= 4 is 17.4 Å². The van der Waals surface area contributed by atoms with Crippen molar-refractivity contribution in [3.05, 3.63) is 23.4 Å². The van der Waals surface area contributed by atoms with Crippen molar-refractivity contribution in [1.29, 1.82) is 0 Å². The van der Waals surface area contributed by atoms with Gasteiger partial charge in [-0.25, -0.2) is 4.98 Å². The van der Waals surface area contributed by atoms with Gasteiger partial charge in [0.05, 0.1) is 0 Å². The topological polar surface area (TPSA) is 16.1 Å². The zero-order valence-electron chi connectivity index (χ0n) is 9.28. The van der Waals surface area contributed by atoms with Crippen LogP contribution in [-0.4, -0.2) is 17.6 Å². The van der Waals surface area contributed by atoms with Crippen molar-refractivity contribution < 1.29 is 0 Å². The molecular weight excluding hydrogens is 208 g/mol. The lowest BCUT2D eigenvalue weighted by atomic mass is 10.0. The third-order valence-corrected chi connectivity index (χ3v) is 3.51. The Hall–Kier alpha value is -0.760. The van der Waals surface area contributed by atoms with Gasteiger partial charge in [0, 0.05) is 12.6 Å². The highest BCUT2D eigenvalue weighted by molar-refractivity contribution is 6.29. The highest BCUT2D eigenvalue weighted by Gasteiger charge is 2.30. The van der Waals surface area contributed by atoms with Crippen LogP contribution >= 0.6 is 11.6 Å². The van der Waals surface area contributed by atoms with E-state index in [4.69, 9.17) is 11.6 Å². The first-order valence-electron chi connectivity index (χ1n) is 5.61. The minimum Gasteiger partial charge on any atom is -0.353 e. The second-order valence-electron chi connectivity index (χ2n) is 4.25. The molecule has 2 rings (SSSR count). The molecule has 0 bridgehead atoms. The summed E-state index contributed by atoms with van der Waals surface area (Å²) in [5.74, 6) is 1.79. The Kier molecular flexibility index (Phi) is 3.15. The van der Waals surface area contributed by atoms with E-state index in [2.05, 4.69) is 23.7 Å². The molecule has 1 aliphatic rings. The molecule has 0 radical (unpaired) electrons. The lowest BCUT2D eigenvalue weighted by molar-refractivity contribution is 0.497. The van der Waals surface area contributed by atoms with Gasteiger partial charge in [-0.2, -0.15) is 0 Å². The minimum absolute atomic E-state index is 0.585. The number of hydrogen-bond acceptors (Lipinski definition) is 2. The predicted molar refractivity (Wildman–Crippen MR) is 64.5 cm³/mol. The normalized spacial score (nSPS) is 25.9. The third kappa shape index (κ3) is 2.10. The van der Waals surface area contributed by atoms with Crippen LogP contribution in [0.15, 0.2) is 18.2 Å². The van der Waals surface area contributed by atoms with Crippen LogP contribution in [0.3, 0.4) is 0 Å². The van der Waals surface area contributed by atoms with Gasteiger partial charge in [0.25, 0.3) is 0 Å². The van der Waals surface area contributed by atoms with E-state index in [0.717, 1.165) is 18.3 Å². The molecule has 3 heteroatoms. The van der Waals surface area contributed by atoms with Gasteiger partial charge in [0.15, 0.2) is 0 Å².